The Labute approximate surface area is 119 Å². The second-order valence-electron chi connectivity index (χ2n) is 5.81. The minimum atomic E-state index is -0.302. The molecule has 1 aromatic carbocycles. The maximum atomic E-state index is 11.8. The summed E-state index contributed by atoms with van der Waals surface area (Å²) in [5.74, 6) is -0.323. The molecule has 0 radical (unpaired) electrons. The molecule has 20 heavy (non-hydrogen) atoms. The number of benzene rings is 1. The highest BCUT2D eigenvalue weighted by Gasteiger charge is 2.14. The zero-order valence-electron chi connectivity index (χ0n) is 12.4. The standard InChI is InChI=1S/C15H22N2O3/c1-10-5-6-11(9-12(10)18)14(20)16-8-7-13(19)17-15(2,3)4/h5-6,9,18H,7-8H2,1-4H3,(H,16,20)(H,17,19). The molecule has 0 aliphatic carbocycles. The number of rotatable bonds is 4. The minimum Gasteiger partial charge on any atom is -0.508 e. The molecule has 110 valence electrons. The Morgan fingerprint density at radius 1 is 1.25 bits per heavy atom. The molecular weight excluding hydrogens is 256 g/mol. The Kier molecular flexibility index (Phi) is 5.13. The summed E-state index contributed by atoms with van der Waals surface area (Å²) >= 11 is 0. The van der Waals surface area contributed by atoms with Crippen molar-refractivity contribution < 1.29 is 14.7 Å². The highest BCUT2D eigenvalue weighted by Crippen LogP contribution is 2.17. The van der Waals surface area contributed by atoms with Crippen molar-refractivity contribution in [3.05, 3.63) is 29.3 Å². The van der Waals surface area contributed by atoms with E-state index in [1.54, 1.807) is 19.1 Å². The zero-order valence-corrected chi connectivity index (χ0v) is 12.4. The summed E-state index contributed by atoms with van der Waals surface area (Å²) in [4.78, 5) is 23.4. The summed E-state index contributed by atoms with van der Waals surface area (Å²) in [5.41, 5.74) is 0.819. The van der Waals surface area contributed by atoms with Gasteiger partial charge in [0.1, 0.15) is 5.75 Å². The maximum absolute atomic E-state index is 11.8. The Morgan fingerprint density at radius 2 is 1.90 bits per heavy atom. The third kappa shape index (κ3) is 5.30. The summed E-state index contributed by atoms with van der Waals surface area (Å²) in [5, 5.41) is 15.0. The first-order valence-electron chi connectivity index (χ1n) is 6.58. The van der Waals surface area contributed by atoms with Crippen molar-refractivity contribution in [3.8, 4) is 5.75 Å². The molecule has 0 aromatic heterocycles. The molecular formula is C15H22N2O3. The molecule has 2 amide bonds. The lowest BCUT2D eigenvalue weighted by atomic mass is 10.1. The summed E-state index contributed by atoms with van der Waals surface area (Å²) in [6.07, 6.45) is 0.223. The summed E-state index contributed by atoms with van der Waals surface area (Å²) in [7, 11) is 0. The topological polar surface area (TPSA) is 78.4 Å². The predicted octanol–water partition coefficient (Wildman–Crippen LogP) is 1.74. The summed E-state index contributed by atoms with van der Waals surface area (Å²) < 4.78 is 0. The van der Waals surface area contributed by atoms with E-state index in [1.807, 2.05) is 20.8 Å². The van der Waals surface area contributed by atoms with Gasteiger partial charge in [0, 0.05) is 24.1 Å². The van der Waals surface area contributed by atoms with E-state index in [4.69, 9.17) is 0 Å². The molecule has 5 nitrogen and oxygen atoms in total. The van der Waals surface area contributed by atoms with E-state index in [-0.39, 0.29) is 36.1 Å². The van der Waals surface area contributed by atoms with E-state index in [9.17, 15) is 14.7 Å². The number of phenolic OH excluding ortho intramolecular Hbond substituents is 1. The van der Waals surface area contributed by atoms with Gasteiger partial charge in [-0.25, -0.2) is 0 Å². The van der Waals surface area contributed by atoms with Crippen LogP contribution in [0.2, 0.25) is 0 Å². The largest absolute Gasteiger partial charge is 0.508 e. The molecule has 0 saturated heterocycles. The van der Waals surface area contributed by atoms with Crippen molar-refractivity contribution in [2.45, 2.75) is 39.7 Å². The fourth-order valence-electron chi connectivity index (χ4n) is 1.62. The Hall–Kier alpha value is -2.04. The van der Waals surface area contributed by atoms with Gasteiger partial charge >= 0.3 is 0 Å². The van der Waals surface area contributed by atoms with Crippen LogP contribution < -0.4 is 10.6 Å². The highest BCUT2D eigenvalue weighted by atomic mass is 16.3. The van der Waals surface area contributed by atoms with Gasteiger partial charge in [-0.1, -0.05) is 6.07 Å². The lowest BCUT2D eigenvalue weighted by molar-refractivity contribution is -0.122. The predicted molar refractivity (Wildman–Crippen MR) is 77.7 cm³/mol. The van der Waals surface area contributed by atoms with Crippen LogP contribution >= 0.6 is 0 Å². The van der Waals surface area contributed by atoms with E-state index >= 15 is 0 Å². The van der Waals surface area contributed by atoms with Gasteiger partial charge in [0.15, 0.2) is 0 Å². The first kappa shape index (κ1) is 16.0. The zero-order chi connectivity index (χ0) is 15.3. The number of aryl methyl sites for hydroxylation is 1. The van der Waals surface area contributed by atoms with Crippen molar-refractivity contribution in [3.63, 3.8) is 0 Å². The van der Waals surface area contributed by atoms with Crippen LogP contribution in [-0.4, -0.2) is 29.0 Å². The van der Waals surface area contributed by atoms with Crippen LogP contribution in [0.1, 0.15) is 43.1 Å². The molecule has 0 aliphatic heterocycles. The van der Waals surface area contributed by atoms with Crippen molar-refractivity contribution in [2.75, 3.05) is 6.54 Å². The normalized spacial score (nSPS) is 11.0. The number of carbonyl (C=O) groups excluding carboxylic acids is 2. The Morgan fingerprint density at radius 3 is 2.45 bits per heavy atom. The third-order valence-corrected chi connectivity index (χ3v) is 2.62. The fraction of sp³-hybridized carbons (Fsp3) is 0.467. The van der Waals surface area contributed by atoms with Gasteiger partial charge in [0.25, 0.3) is 5.91 Å². The van der Waals surface area contributed by atoms with Gasteiger partial charge in [-0.2, -0.15) is 0 Å². The Balaban J connectivity index is 2.44. The first-order chi connectivity index (χ1) is 9.19. The van der Waals surface area contributed by atoms with Gasteiger partial charge in [0.2, 0.25) is 5.91 Å². The van der Waals surface area contributed by atoms with Crippen LogP contribution in [0.4, 0.5) is 0 Å². The van der Waals surface area contributed by atoms with Crippen LogP contribution in [0.3, 0.4) is 0 Å². The van der Waals surface area contributed by atoms with E-state index in [1.165, 1.54) is 6.07 Å². The van der Waals surface area contributed by atoms with Crippen LogP contribution in [-0.2, 0) is 4.79 Å². The molecule has 0 spiro atoms. The molecule has 0 fully saturated rings. The van der Waals surface area contributed by atoms with Crippen molar-refractivity contribution in [1.82, 2.24) is 10.6 Å². The lowest BCUT2D eigenvalue weighted by Gasteiger charge is -2.20. The molecule has 0 unspecified atom stereocenters. The minimum absolute atomic E-state index is 0.0862. The molecule has 0 heterocycles. The molecule has 0 bridgehead atoms. The van der Waals surface area contributed by atoms with Crippen molar-refractivity contribution in [2.24, 2.45) is 0 Å². The van der Waals surface area contributed by atoms with Gasteiger partial charge in [-0.3, -0.25) is 9.59 Å². The van der Waals surface area contributed by atoms with E-state index in [0.29, 0.717) is 11.1 Å². The van der Waals surface area contributed by atoms with Crippen LogP contribution in [0.5, 0.6) is 5.75 Å². The average Bonchev–Trinajstić information content (AvgIpc) is 2.30. The monoisotopic (exact) mass is 278 g/mol. The van der Waals surface area contributed by atoms with Crippen molar-refractivity contribution >= 4 is 11.8 Å². The van der Waals surface area contributed by atoms with Gasteiger partial charge < -0.3 is 15.7 Å². The van der Waals surface area contributed by atoms with Crippen LogP contribution in [0.15, 0.2) is 18.2 Å². The Bertz CT molecular complexity index is 504. The highest BCUT2D eigenvalue weighted by molar-refractivity contribution is 5.94. The van der Waals surface area contributed by atoms with Gasteiger partial charge in [-0.15, -0.1) is 0 Å². The molecule has 1 rings (SSSR count). The number of aromatic hydroxyl groups is 1. The SMILES string of the molecule is Cc1ccc(C(=O)NCCC(=O)NC(C)(C)C)cc1O. The fourth-order valence-corrected chi connectivity index (χ4v) is 1.62. The van der Waals surface area contributed by atoms with Crippen LogP contribution in [0, 0.1) is 6.92 Å². The summed E-state index contributed by atoms with van der Waals surface area (Å²) in [6, 6.07) is 4.73. The molecule has 0 atom stereocenters. The molecule has 0 aliphatic rings. The molecule has 1 aromatic rings. The molecule has 5 heteroatoms. The average molecular weight is 278 g/mol. The number of hydrogen-bond acceptors (Lipinski definition) is 3. The number of phenols is 1. The molecule has 3 N–H and O–H groups in total. The summed E-state index contributed by atoms with van der Waals surface area (Å²) in [6.45, 7) is 7.72. The second kappa shape index (κ2) is 6.41. The second-order valence-corrected chi connectivity index (χ2v) is 5.81. The number of hydrogen-bond donors (Lipinski definition) is 3. The van der Waals surface area contributed by atoms with E-state index in [0.717, 1.165) is 0 Å². The van der Waals surface area contributed by atoms with Gasteiger partial charge in [0.05, 0.1) is 0 Å². The molecule has 0 saturated carbocycles. The van der Waals surface area contributed by atoms with E-state index < -0.39 is 0 Å². The van der Waals surface area contributed by atoms with Crippen LogP contribution in [0.25, 0.3) is 0 Å². The quantitative estimate of drug-likeness (QED) is 0.785. The van der Waals surface area contributed by atoms with E-state index in [2.05, 4.69) is 10.6 Å². The first-order valence-corrected chi connectivity index (χ1v) is 6.58. The van der Waals surface area contributed by atoms with Gasteiger partial charge in [-0.05, 0) is 45.4 Å². The lowest BCUT2D eigenvalue weighted by Crippen LogP contribution is -2.41. The number of carbonyl (C=O) groups is 2. The third-order valence-electron chi connectivity index (χ3n) is 2.62. The number of amides is 2. The smallest absolute Gasteiger partial charge is 0.251 e. The maximum Gasteiger partial charge on any atom is 0.251 e. The van der Waals surface area contributed by atoms with Crippen molar-refractivity contribution in [1.29, 1.82) is 0 Å². The number of nitrogens with one attached hydrogen (secondary N) is 2.